The number of nitrogens with one attached hydrogen (secondary N) is 3. The summed E-state index contributed by atoms with van der Waals surface area (Å²) in [5.41, 5.74) is 10.2. The summed E-state index contributed by atoms with van der Waals surface area (Å²) in [7, 11) is 0. The van der Waals surface area contributed by atoms with Crippen molar-refractivity contribution in [2.75, 3.05) is 11.9 Å². The van der Waals surface area contributed by atoms with Gasteiger partial charge in [0, 0.05) is 42.2 Å². The monoisotopic (exact) mass is 484 g/mol. The lowest BCUT2D eigenvalue weighted by atomic mass is 10.0. The second-order valence-corrected chi connectivity index (χ2v) is 7.25. The molecule has 0 aliphatic heterocycles. The average Bonchev–Trinajstić information content (AvgIpc) is 3.29. The van der Waals surface area contributed by atoms with Crippen LogP contribution in [-0.4, -0.2) is 40.1 Å². The van der Waals surface area contributed by atoms with Gasteiger partial charge in [0.2, 0.25) is 5.95 Å². The number of benzene rings is 1. The summed E-state index contributed by atoms with van der Waals surface area (Å²) < 4.78 is 4.93. The normalized spacial score (nSPS) is 12.0. The number of aromatic amines is 1. The van der Waals surface area contributed by atoms with E-state index in [0.29, 0.717) is 34.5 Å². The number of amides is 1. The molecule has 0 bridgehead atoms. The van der Waals surface area contributed by atoms with E-state index in [1.54, 1.807) is 43.9 Å². The fraction of sp³-hybridized carbons (Fsp3) is 0.115. The number of aliphatic imine (C=N–C) groups is 2. The van der Waals surface area contributed by atoms with Gasteiger partial charge >= 0.3 is 6.09 Å². The van der Waals surface area contributed by atoms with E-state index in [9.17, 15) is 4.79 Å². The van der Waals surface area contributed by atoms with Crippen molar-refractivity contribution < 1.29 is 9.53 Å². The Bertz CT molecular complexity index is 1340. The molecule has 2 aromatic heterocycles. The standard InChI is InChI=1S/C26H28N8O2/c1-4-6-10-28-15-20-12-19(13-23-24(20)33-25(32-23)34-26(35)36-5-2)21(14-27)16-30-18(3)31-17-22-9-7-8-11-29-22/h4,6-16,31H,1,3,5,17,27H2,2H3,(H2,32,33,34,35)/b10-6-,21-14+,28-15?,30-16?. The van der Waals surface area contributed by atoms with Gasteiger partial charge < -0.3 is 20.8 Å². The Labute approximate surface area is 209 Å². The van der Waals surface area contributed by atoms with Gasteiger partial charge in [-0.25, -0.2) is 14.8 Å². The van der Waals surface area contributed by atoms with Crippen molar-refractivity contribution in [3.8, 4) is 0 Å². The number of nitrogens with zero attached hydrogens (tertiary/aromatic N) is 4. The van der Waals surface area contributed by atoms with Gasteiger partial charge in [-0.05, 0) is 42.8 Å². The van der Waals surface area contributed by atoms with Crippen LogP contribution in [0.3, 0.4) is 0 Å². The summed E-state index contributed by atoms with van der Waals surface area (Å²) in [6, 6.07) is 9.41. The van der Waals surface area contributed by atoms with E-state index in [2.05, 4.69) is 48.7 Å². The molecule has 3 aromatic rings. The molecule has 0 aliphatic carbocycles. The third-order valence-electron chi connectivity index (χ3n) is 4.71. The fourth-order valence-corrected chi connectivity index (χ4v) is 3.07. The van der Waals surface area contributed by atoms with Crippen LogP contribution in [0.4, 0.5) is 10.7 Å². The number of imidazole rings is 1. The third-order valence-corrected chi connectivity index (χ3v) is 4.71. The molecule has 184 valence electrons. The first-order valence-electron chi connectivity index (χ1n) is 11.1. The average molecular weight is 485 g/mol. The van der Waals surface area contributed by atoms with E-state index < -0.39 is 6.09 Å². The zero-order valence-electron chi connectivity index (χ0n) is 19.9. The molecule has 10 heteroatoms. The summed E-state index contributed by atoms with van der Waals surface area (Å²) >= 11 is 0. The molecule has 1 aromatic carbocycles. The van der Waals surface area contributed by atoms with Gasteiger partial charge in [0.1, 0.15) is 5.82 Å². The number of nitrogens with two attached hydrogens (primary N) is 1. The Balaban J connectivity index is 1.87. The minimum absolute atomic E-state index is 0.246. The van der Waals surface area contributed by atoms with Crippen molar-refractivity contribution >= 4 is 41.1 Å². The molecule has 5 N–H and O–H groups in total. The molecule has 36 heavy (non-hydrogen) atoms. The Morgan fingerprint density at radius 2 is 2.19 bits per heavy atom. The van der Waals surface area contributed by atoms with Gasteiger partial charge in [0.05, 0.1) is 29.9 Å². The number of aromatic nitrogens is 3. The third kappa shape index (κ3) is 7.26. The summed E-state index contributed by atoms with van der Waals surface area (Å²) in [4.78, 5) is 32.3. The first-order valence-corrected chi connectivity index (χ1v) is 11.1. The summed E-state index contributed by atoms with van der Waals surface area (Å²) in [5, 5.41) is 5.69. The smallest absolute Gasteiger partial charge is 0.413 e. The molecule has 1 amide bonds. The van der Waals surface area contributed by atoms with E-state index in [0.717, 1.165) is 11.3 Å². The highest BCUT2D eigenvalue weighted by Crippen LogP contribution is 2.24. The van der Waals surface area contributed by atoms with Crippen LogP contribution < -0.4 is 16.4 Å². The largest absolute Gasteiger partial charge is 0.450 e. The van der Waals surface area contributed by atoms with Gasteiger partial charge in [-0.1, -0.05) is 25.3 Å². The van der Waals surface area contributed by atoms with Gasteiger partial charge in [0.25, 0.3) is 0 Å². The highest BCUT2D eigenvalue weighted by Gasteiger charge is 2.13. The van der Waals surface area contributed by atoms with Crippen LogP contribution in [0.5, 0.6) is 0 Å². The maximum atomic E-state index is 11.8. The first-order chi connectivity index (χ1) is 17.5. The Morgan fingerprint density at radius 1 is 1.33 bits per heavy atom. The van der Waals surface area contributed by atoms with Crippen molar-refractivity contribution in [1.82, 2.24) is 20.3 Å². The van der Waals surface area contributed by atoms with Gasteiger partial charge in [-0.3, -0.25) is 15.3 Å². The van der Waals surface area contributed by atoms with Crippen LogP contribution in [-0.2, 0) is 11.3 Å². The zero-order valence-corrected chi connectivity index (χ0v) is 19.9. The molecule has 2 heterocycles. The van der Waals surface area contributed by atoms with Gasteiger partial charge in [-0.15, -0.1) is 0 Å². The first kappa shape index (κ1) is 25.6. The maximum absolute atomic E-state index is 11.8. The highest BCUT2D eigenvalue weighted by atomic mass is 16.5. The summed E-state index contributed by atoms with van der Waals surface area (Å²) in [6.07, 6.45) is 10.8. The van der Waals surface area contributed by atoms with Gasteiger partial charge in [0.15, 0.2) is 0 Å². The van der Waals surface area contributed by atoms with Gasteiger partial charge in [-0.2, -0.15) is 0 Å². The number of hydrogen-bond acceptors (Lipinski definition) is 8. The molecule has 0 spiro atoms. The van der Waals surface area contributed by atoms with E-state index in [4.69, 9.17) is 10.5 Å². The lowest BCUT2D eigenvalue weighted by Crippen LogP contribution is -2.14. The predicted octanol–water partition coefficient (Wildman–Crippen LogP) is 4.28. The number of carbonyl (C=O) groups excluding carboxylic acids is 1. The number of anilines is 1. The van der Waals surface area contributed by atoms with E-state index in [1.165, 1.54) is 6.20 Å². The second kappa shape index (κ2) is 13.0. The number of fused-ring (bicyclic) bond motifs is 1. The second-order valence-electron chi connectivity index (χ2n) is 7.25. The number of H-pyrrole nitrogens is 1. The molecule has 10 nitrogen and oxygen atoms in total. The maximum Gasteiger partial charge on any atom is 0.413 e. The molecular weight excluding hydrogens is 456 g/mol. The zero-order chi connectivity index (χ0) is 25.8. The van der Waals surface area contributed by atoms with Crippen LogP contribution >= 0.6 is 0 Å². The summed E-state index contributed by atoms with van der Waals surface area (Å²) in [5.74, 6) is 0.704. The van der Waals surface area contributed by atoms with Crippen LogP contribution in [0.1, 0.15) is 23.7 Å². The van der Waals surface area contributed by atoms with Crippen molar-refractivity contribution in [3.63, 3.8) is 0 Å². The van der Waals surface area contributed by atoms with Crippen molar-refractivity contribution in [1.29, 1.82) is 0 Å². The molecule has 0 radical (unpaired) electrons. The number of hydrogen-bond donors (Lipinski definition) is 4. The van der Waals surface area contributed by atoms with Crippen LogP contribution in [0.25, 0.3) is 16.6 Å². The lowest BCUT2D eigenvalue weighted by Gasteiger charge is -2.07. The topological polar surface area (TPSA) is 143 Å². The summed E-state index contributed by atoms with van der Waals surface area (Å²) in [6.45, 7) is 10.0. The number of pyridine rings is 1. The Kier molecular flexibility index (Phi) is 9.28. The molecular formula is C26H28N8O2. The quantitative estimate of drug-likeness (QED) is 0.236. The minimum atomic E-state index is -0.604. The van der Waals surface area contributed by atoms with E-state index in [-0.39, 0.29) is 12.6 Å². The van der Waals surface area contributed by atoms with Crippen molar-refractivity contribution in [2.24, 2.45) is 15.7 Å². The number of rotatable bonds is 11. The van der Waals surface area contributed by atoms with Crippen LogP contribution in [0.2, 0.25) is 0 Å². The van der Waals surface area contributed by atoms with E-state index in [1.807, 2.05) is 30.3 Å². The SMILES string of the molecule is C=C/C=C\N=Cc1cc(/C(C=NC(=C)NCc2ccccn2)=C/N)cc2[nH]c(NC(=O)OCC)nc12. The molecule has 0 aliphatic rings. The molecule has 0 saturated heterocycles. The van der Waals surface area contributed by atoms with Crippen LogP contribution in [0, 0.1) is 0 Å². The highest BCUT2D eigenvalue weighted by molar-refractivity contribution is 6.12. The molecule has 0 atom stereocenters. The molecule has 0 unspecified atom stereocenters. The number of carbonyl (C=O) groups is 1. The Hall–Kier alpha value is -4.99. The Morgan fingerprint density at radius 3 is 2.92 bits per heavy atom. The number of ether oxygens (including phenoxy) is 1. The van der Waals surface area contributed by atoms with Crippen LogP contribution in [0.15, 0.2) is 90.0 Å². The van der Waals surface area contributed by atoms with Crippen molar-refractivity contribution in [2.45, 2.75) is 13.5 Å². The number of allylic oxidation sites excluding steroid dienone is 3. The fourth-order valence-electron chi connectivity index (χ4n) is 3.07. The molecule has 0 saturated carbocycles. The van der Waals surface area contributed by atoms with Crippen molar-refractivity contribution in [3.05, 3.63) is 96.9 Å². The predicted molar refractivity (Wildman–Crippen MR) is 145 cm³/mol. The lowest BCUT2D eigenvalue weighted by molar-refractivity contribution is 0.167. The molecule has 0 fully saturated rings. The van der Waals surface area contributed by atoms with E-state index >= 15 is 0 Å². The minimum Gasteiger partial charge on any atom is -0.450 e. The molecule has 3 rings (SSSR count).